The Labute approximate surface area is 207 Å². The van der Waals surface area contributed by atoms with Crippen LogP contribution in [0.4, 0.5) is 4.79 Å². The molecule has 3 atom stereocenters. The van der Waals surface area contributed by atoms with Crippen LogP contribution in [0, 0.1) is 5.92 Å². The summed E-state index contributed by atoms with van der Waals surface area (Å²) in [6.45, 7) is 14.2. The van der Waals surface area contributed by atoms with Crippen molar-refractivity contribution >= 4 is 35.2 Å². The Hall–Kier alpha value is -2.94. The Morgan fingerprint density at radius 1 is 1.06 bits per heavy atom. The molecule has 0 saturated heterocycles. The van der Waals surface area contributed by atoms with E-state index in [-0.39, 0.29) is 17.5 Å². The molecule has 34 heavy (non-hydrogen) atoms. The SMILES string of the molecule is C=CCOC(=O)[C@@H](NC(=O)[C@H](Cc1ccccc1)NC(=S)[C@@H](C)NC(=O)OC(C)(C)C)C(C)C. The fourth-order valence-corrected chi connectivity index (χ4v) is 3.09. The molecule has 0 spiro atoms. The van der Waals surface area contributed by atoms with Gasteiger partial charge in [-0.3, -0.25) is 4.79 Å². The van der Waals surface area contributed by atoms with Crippen LogP contribution >= 0.6 is 12.2 Å². The Kier molecular flexibility index (Phi) is 11.7. The molecule has 0 unspecified atom stereocenters. The number of nitrogens with one attached hydrogen (secondary N) is 3. The quantitative estimate of drug-likeness (QED) is 0.248. The number of hydrogen-bond donors (Lipinski definition) is 3. The zero-order valence-electron chi connectivity index (χ0n) is 20.8. The van der Waals surface area contributed by atoms with Crippen molar-refractivity contribution in [2.45, 2.75) is 71.7 Å². The van der Waals surface area contributed by atoms with Crippen LogP contribution in [-0.2, 0) is 25.5 Å². The summed E-state index contributed by atoms with van der Waals surface area (Å²) in [5.41, 5.74) is 0.252. The molecule has 1 aromatic rings. The van der Waals surface area contributed by atoms with E-state index in [4.69, 9.17) is 21.7 Å². The molecule has 0 aliphatic carbocycles. The number of hydrogen-bond acceptors (Lipinski definition) is 6. The van der Waals surface area contributed by atoms with E-state index in [0.717, 1.165) is 5.56 Å². The highest BCUT2D eigenvalue weighted by atomic mass is 32.1. The molecule has 8 nitrogen and oxygen atoms in total. The lowest BCUT2D eigenvalue weighted by Crippen LogP contribution is -2.56. The molecule has 0 aliphatic heterocycles. The molecule has 0 aliphatic rings. The summed E-state index contributed by atoms with van der Waals surface area (Å²) in [4.78, 5) is 38.0. The first-order valence-electron chi connectivity index (χ1n) is 11.3. The van der Waals surface area contributed by atoms with Gasteiger partial charge in [-0.25, -0.2) is 9.59 Å². The molecule has 0 heterocycles. The number of ether oxygens (including phenoxy) is 2. The summed E-state index contributed by atoms with van der Waals surface area (Å²) in [6.07, 6.45) is 1.17. The summed E-state index contributed by atoms with van der Waals surface area (Å²) >= 11 is 5.46. The number of amides is 2. The second-order valence-electron chi connectivity index (χ2n) is 9.27. The largest absolute Gasteiger partial charge is 0.460 e. The van der Waals surface area contributed by atoms with Gasteiger partial charge in [0.25, 0.3) is 0 Å². The summed E-state index contributed by atoms with van der Waals surface area (Å²) in [5.74, 6) is -1.15. The van der Waals surface area contributed by atoms with Crippen molar-refractivity contribution in [2.24, 2.45) is 5.92 Å². The van der Waals surface area contributed by atoms with Crippen LogP contribution in [0.1, 0.15) is 47.1 Å². The van der Waals surface area contributed by atoms with Crippen molar-refractivity contribution in [1.82, 2.24) is 16.0 Å². The van der Waals surface area contributed by atoms with E-state index in [2.05, 4.69) is 22.5 Å². The predicted molar refractivity (Wildman–Crippen MR) is 136 cm³/mol. The first kappa shape index (κ1) is 29.1. The number of alkyl carbamates (subject to hydrolysis) is 1. The van der Waals surface area contributed by atoms with Crippen molar-refractivity contribution < 1.29 is 23.9 Å². The van der Waals surface area contributed by atoms with Gasteiger partial charge >= 0.3 is 12.1 Å². The van der Waals surface area contributed by atoms with E-state index in [1.165, 1.54) is 6.08 Å². The topological polar surface area (TPSA) is 106 Å². The van der Waals surface area contributed by atoms with Gasteiger partial charge in [-0.05, 0) is 39.2 Å². The molecule has 9 heteroatoms. The Balaban J connectivity index is 2.98. The van der Waals surface area contributed by atoms with Gasteiger partial charge in [-0.2, -0.15) is 0 Å². The van der Waals surface area contributed by atoms with Gasteiger partial charge in [0.15, 0.2) is 0 Å². The van der Waals surface area contributed by atoms with Crippen LogP contribution in [0.15, 0.2) is 43.0 Å². The maximum atomic E-state index is 13.2. The van der Waals surface area contributed by atoms with Crippen LogP contribution in [0.5, 0.6) is 0 Å². The first-order valence-corrected chi connectivity index (χ1v) is 11.7. The standard InChI is InChI=1S/C25H37N3O5S/c1-8-14-32-23(30)20(16(2)3)28-21(29)19(15-18-12-10-9-11-13-18)27-22(34)17(4)26-24(31)33-25(5,6)7/h8-13,16-17,19-20H,1,14-15H2,2-7H3,(H,26,31)(H,27,34)(H,28,29)/t17-,19+,20+/m1/s1. The van der Waals surface area contributed by atoms with Crippen LogP contribution in [0.3, 0.4) is 0 Å². The maximum absolute atomic E-state index is 13.2. The second kappa shape index (κ2) is 13.7. The Bertz CT molecular complexity index is 852. The molecule has 1 rings (SSSR count). The fourth-order valence-electron chi connectivity index (χ4n) is 2.89. The smallest absolute Gasteiger partial charge is 0.408 e. The van der Waals surface area contributed by atoms with Crippen molar-refractivity contribution in [3.8, 4) is 0 Å². The van der Waals surface area contributed by atoms with Crippen LogP contribution < -0.4 is 16.0 Å². The van der Waals surface area contributed by atoms with Crippen molar-refractivity contribution in [2.75, 3.05) is 6.61 Å². The third-order valence-corrected chi connectivity index (χ3v) is 5.08. The van der Waals surface area contributed by atoms with E-state index < -0.39 is 41.7 Å². The van der Waals surface area contributed by atoms with Crippen molar-refractivity contribution in [3.05, 3.63) is 48.6 Å². The number of benzene rings is 1. The molecule has 0 saturated carbocycles. The fraction of sp³-hybridized carbons (Fsp3) is 0.520. The lowest BCUT2D eigenvalue weighted by Gasteiger charge is -2.27. The van der Waals surface area contributed by atoms with Crippen LogP contribution in [0.2, 0.25) is 0 Å². The highest BCUT2D eigenvalue weighted by Crippen LogP contribution is 2.09. The monoisotopic (exact) mass is 491 g/mol. The number of esters is 1. The maximum Gasteiger partial charge on any atom is 0.408 e. The molecule has 0 radical (unpaired) electrons. The average Bonchev–Trinajstić information content (AvgIpc) is 2.74. The zero-order valence-corrected chi connectivity index (χ0v) is 21.7. The van der Waals surface area contributed by atoms with Gasteiger partial charge in [-0.1, -0.05) is 69.1 Å². The molecule has 2 amide bonds. The van der Waals surface area contributed by atoms with E-state index in [1.54, 1.807) is 27.7 Å². The highest BCUT2D eigenvalue weighted by Gasteiger charge is 2.30. The van der Waals surface area contributed by atoms with E-state index in [1.807, 2.05) is 44.2 Å². The molecule has 3 N–H and O–H groups in total. The molecule has 0 aromatic heterocycles. The van der Waals surface area contributed by atoms with Gasteiger partial charge in [-0.15, -0.1) is 0 Å². The Morgan fingerprint density at radius 2 is 1.68 bits per heavy atom. The minimum Gasteiger partial charge on any atom is -0.460 e. The van der Waals surface area contributed by atoms with Gasteiger partial charge in [0.05, 0.1) is 11.0 Å². The van der Waals surface area contributed by atoms with Gasteiger partial charge < -0.3 is 25.4 Å². The summed E-state index contributed by atoms with van der Waals surface area (Å²) < 4.78 is 10.4. The summed E-state index contributed by atoms with van der Waals surface area (Å²) in [5, 5.41) is 8.48. The minimum atomic E-state index is -0.835. The number of carbonyl (C=O) groups is 3. The van der Waals surface area contributed by atoms with Gasteiger partial charge in [0, 0.05) is 6.42 Å². The second-order valence-corrected chi connectivity index (χ2v) is 9.71. The number of thiocarbonyl (C=S) groups is 1. The molecule has 0 bridgehead atoms. The lowest BCUT2D eigenvalue weighted by atomic mass is 10.0. The summed E-state index contributed by atoms with van der Waals surface area (Å²) in [7, 11) is 0. The molecule has 0 fully saturated rings. The zero-order chi connectivity index (χ0) is 25.9. The van der Waals surface area contributed by atoms with Gasteiger partial charge in [0.2, 0.25) is 5.91 Å². The van der Waals surface area contributed by atoms with E-state index in [0.29, 0.717) is 6.42 Å². The third kappa shape index (κ3) is 10.8. The molecule has 188 valence electrons. The van der Waals surface area contributed by atoms with Crippen LogP contribution in [0.25, 0.3) is 0 Å². The average molecular weight is 492 g/mol. The lowest BCUT2D eigenvalue weighted by molar-refractivity contribution is -0.148. The van der Waals surface area contributed by atoms with Crippen molar-refractivity contribution in [1.29, 1.82) is 0 Å². The third-order valence-electron chi connectivity index (χ3n) is 4.60. The minimum absolute atomic E-state index is 0.0571. The molecular weight excluding hydrogens is 454 g/mol. The first-order chi connectivity index (χ1) is 15.8. The molecular formula is C25H37N3O5S. The Morgan fingerprint density at radius 3 is 2.21 bits per heavy atom. The van der Waals surface area contributed by atoms with Crippen molar-refractivity contribution in [3.63, 3.8) is 0 Å². The highest BCUT2D eigenvalue weighted by molar-refractivity contribution is 7.80. The normalized spacial score (nSPS) is 13.7. The summed E-state index contributed by atoms with van der Waals surface area (Å²) in [6, 6.07) is 7.21. The number of carbonyl (C=O) groups excluding carboxylic acids is 3. The van der Waals surface area contributed by atoms with E-state index in [9.17, 15) is 14.4 Å². The van der Waals surface area contributed by atoms with Gasteiger partial charge in [0.1, 0.15) is 24.3 Å². The number of rotatable bonds is 11. The molecule has 1 aromatic carbocycles. The van der Waals surface area contributed by atoms with Crippen LogP contribution in [-0.4, -0.2) is 53.3 Å². The predicted octanol–water partition coefficient (Wildman–Crippen LogP) is 3.30. The van der Waals surface area contributed by atoms with E-state index >= 15 is 0 Å².